The molecule has 0 unspecified atom stereocenters. The number of para-hydroxylation sites is 1. The Hall–Kier alpha value is -2.43. The van der Waals surface area contributed by atoms with E-state index in [1.165, 1.54) is 6.07 Å². The first-order chi connectivity index (χ1) is 9.06. The quantitative estimate of drug-likeness (QED) is 0.679. The van der Waals surface area contributed by atoms with Crippen molar-refractivity contribution in [3.63, 3.8) is 0 Å². The second-order valence-corrected chi connectivity index (χ2v) is 4.29. The number of hydrogen-bond acceptors (Lipinski definition) is 3. The van der Waals surface area contributed by atoms with Crippen LogP contribution in [-0.4, -0.2) is 4.98 Å². The zero-order chi connectivity index (χ0) is 13.6. The molecule has 0 spiro atoms. The molecule has 1 heterocycles. The van der Waals surface area contributed by atoms with E-state index in [0.717, 1.165) is 11.6 Å². The van der Waals surface area contributed by atoms with Gasteiger partial charge >= 0.3 is 0 Å². The highest BCUT2D eigenvalue weighted by Gasteiger charge is 2.16. The molecule has 0 fully saturated rings. The van der Waals surface area contributed by atoms with Gasteiger partial charge < -0.3 is 10.2 Å². The van der Waals surface area contributed by atoms with Gasteiger partial charge in [-0.05, 0) is 24.6 Å². The van der Waals surface area contributed by atoms with Crippen LogP contribution in [0.1, 0.15) is 5.56 Å². The van der Waals surface area contributed by atoms with Gasteiger partial charge in [-0.2, -0.15) is 0 Å². The van der Waals surface area contributed by atoms with Crippen LogP contribution in [0.25, 0.3) is 22.6 Å². The third-order valence-corrected chi connectivity index (χ3v) is 2.94. The molecule has 3 nitrogen and oxygen atoms in total. The van der Waals surface area contributed by atoms with Gasteiger partial charge in [0.1, 0.15) is 17.2 Å². The van der Waals surface area contributed by atoms with Crippen LogP contribution in [0, 0.1) is 18.6 Å². The summed E-state index contributed by atoms with van der Waals surface area (Å²) in [5.41, 5.74) is 7.47. The fourth-order valence-electron chi connectivity index (χ4n) is 1.93. The highest BCUT2D eigenvalue weighted by atomic mass is 19.1. The normalized spacial score (nSPS) is 11.1. The van der Waals surface area contributed by atoms with Crippen LogP contribution in [0.15, 0.2) is 34.7 Å². The monoisotopic (exact) mass is 260 g/mol. The predicted octanol–water partition coefficient (Wildman–Crippen LogP) is 3.66. The lowest BCUT2D eigenvalue weighted by molar-refractivity contribution is 0.574. The van der Waals surface area contributed by atoms with E-state index in [4.69, 9.17) is 10.2 Å². The summed E-state index contributed by atoms with van der Waals surface area (Å²) in [6.45, 7) is 1.88. The molecular formula is C14H10F2N2O. The van der Waals surface area contributed by atoms with Gasteiger partial charge in [0.2, 0.25) is 5.89 Å². The van der Waals surface area contributed by atoms with Crippen molar-refractivity contribution in [3.05, 3.63) is 47.5 Å². The molecule has 96 valence electrons. The third-order valence-electron chi connectivity index (χ3n) is 2.94. The Kier molecular flexibility index (Phi) is 2.48. The number of nitrogens with two attached hydrogens (primary N) is 1. The van der Waals surface area contributed by atoms with Gasteiger partial charge in [-0.15, -0.1) is 0 Å². The van der Waals surface area contributed by atoms with Crippen LogP contribution in [0.5, 0.6) is 0 Å². The Morgan fingerprint density at radius 3 is 2.68 bits per heavy atom. The van der Waals surface area contributed by atoms with Crippen molar-refractivity contribution in [2.24, 2.45) is 0 Å². The first-order valence-electron chi connectivity index (χ1n) is 5.67. The fourth-order valence-corrected chi connectivity index (χ4v) is 1.93. The summed E-state index contributed by atoms with van der Waals surface area (Å²) < 4.78 is 32.4. The second-order valence-electron chi connectivity index (χ2n) is 4.29. The van der Waals surface area contributed by atoms with E-state index in [0.29, 0.717) is 11.1 Å². The van der Waals surface area contributed by atoms with E-state index in [1.54, 1.807) is 6.07 Å². The zero-order valence-electron chi connectivity index (χ0n) is 10.1. The number of hydrogen-bond donors (Lipinski definition) is 1. The Balaban J connectivity index is 2.25. The topological polar surface area (TPSA) is 52.0 Å². The van der Waals surface area contributed by atoms with Gasteiger partial charge in [-0.1, -0.05) is 12.1 Å². The van der Waals surface area contributed by atoms with Crippen molar-refractivity contribution in [1.29, 1.82) is 0 Å². The number of nitrogens with zero attached hydrogens (tertiary/aromatic N) is 1. The maximum Gasteiger partial charge on any atom is 0.230 e. The molecule has 0 bridgehead atoms. The average molecular weight is 260 g/mol. The van der Waals surface area contributed by atoms with E-state index in [1.807, 2.05) is 19.1 Å². The van der Waals surface area contributed by atoms with Crippen LogP contribution in [0.4, 0.5) is 14.5 Å². The summed E-state index contributed by atoms with van der Waals surface area (Å²) in [4.78, 5) is 4.23. The summed E-state index contributed by atoms with van der Waals surface area (Å²) in [6.07, 6.45) is 0. The molecule has 0 radical (unpaired) electrons. The Labute approximate surface area is 107 Å². The number of halogens is 2. The first-order valence-corrected chi connectivity index (χ1v) is 5.67. The van der Waals surface area contributed by atoms with Gasteiger partial charge in [0.15, 0.2) is 5.58 Å². The van der Waals surface area contributed by atoms with Crippen LogP contribution >= 0.6 is 0 Å². The predicted molar refractivity (Wildman–Crippen MR) is 68.5 cm³/mol. The number of aromatic nitrogens is 1. The summed E-state index contributed by atoms with van der Waals surface area (Å²) in [5.74, 6) is -1.46. The minimum absolute atomic E-state index is 0.0505. The maximum absolute atomic E-state index is 13.7. The number of nitrogen functional groups attached to an aromatic ring is 1. The summed E-state index contributed by atoms with van der Waals surface area (Å²) >= 11 is 0. The van der Waals surface area contributed by atoms with Crippen LogP contribution in [0.2, 0.25) is 0 Å². The summed E-state index contributed by atoms with van der Waals surface area (Å²) in [6, 6.07) is 7.35. The van der Waals surface area contributed by atoms with Crippen molar-refractivity contribution in [3.8, 4) is 11.5 Å². The SMILES string of the molecule is Cc1cccc2oc(-c3cc(N)c(F)cc3F)nc12. The largest absolute Gasteiger partial charge is 0.436 e. The number of fused-ring (bicyclic) bond motifs is 1. The number of oxazole rings is 1. The van der Waals surface area contributed by atoms with E-state index in [9.17, 15) is 8.78 Å². The lowest BCUT2D eigenvalue weighted by Crippen LogP contribution is -1.94. The Morgan fingerprint density at radius 2 is 1.95 bits per heavy atom. The number of benzene rings is 2. The smallest absolute Gasteiger partial charge is 0.230 e. The molecule has 0 atom stereocenters. The molecule has 2 aromatic carbocycles. The van der Waals surface area contributed by atoms with Gasteiger partial charge in [-0.25, -0.2) is 13.8 Å². The van der Waals surface area contributed by atoms with E-state index in [2.05, 4.69) is 4.98 Å². The van der Waals surface area contributed by atoms with Gasteiger partial charge in [-0.3, -0.25) is 0 Å². The van der Waals surface area contributed by atoms with Crippen molar-refractivity contribution in [2.45, 2.75) is 6.92 Å². The minimum Gasteiger partial charge on any atom is -0.436 e. The molecule has 3 aromatic rings. The van der Waals surface area contributed by atoms with E-state index < -0.39 is 11.6 Å². The van der Waals surface area contributed by atoms with Crippen molar-refractivity contribution < 1.29 is 13.2 Å². The molecule has 0 aliphatic heterocycles. The molecule has 0 saturated carbocycles. The number of anilines is 1. The standard InChI is InChI=1S/C14H10F2N2O/c1-7-3-2-4-12-13(7)18-14(19-12)8-5-11(17)10(16)6-9(8)15/h2-6H,17H2,1H3. The molecule has 1 aromatic heterocycles. The van der Waals surface area contributed by atoms with Gasteiger partial charge in [0, 0.05) is 6.07 Å². The maximum atomic E-state index is 13.7. The molecule has 5 heteroatoms. The molecule has 19 heavy (non-hydrogen) atoms. The van der Waals surface area contributed by atoms with Crippen LogP contribution in [0.3, 0.4) is 0 Å². The highest BCUT2D eigenvalue weighted by Crippen LogP contribution is 2.30. The van der Waals surface area contributed by atoms with Gasteiger partial charge in [0.25, 0.3) is 0 Å². The van der Waals surface area contributed by atoms with E-state index >= 15 is 0 Å². The molecule has 3 rings (SSSR count). The zero-order valence-corrected chi connectivity index (χ0v) is 10.1. The lowest BCUT2D eigenvalue weighted by Gasteiger charge is -2.01. The van der Waals surface area contributed by atoms with Crippen LogP contribution < -0.4 is 5.73 Å². The summed E-state index contributed by atoms with van der Waals surface area (Å²) in [5, 5.41) is 0. The minimum atomic E-state index is -0.798. The number of aryl methyl sites for hydroxylation is 1. The number of rotatable bonds is 1. The van der Waals surface area contributed by atoms with Crippen LogP contribution in [-0.2, 0) is 0 Å². The average Bonchev–Trinajstić information content (AvgIpc) is 2.79. The Bertz CT molecular complexity index is 780. The van der Waals surface area contributed by atoms with Crippen molar-refractivity contribution in [2.75, 3.05) is 5.73 Å². The Morgan fingerprint density at radius 1 is 1.16 bits per heavy atom. The molecule has 0 saturated heterocycles. The van der Waals surface area contributed by atoms with Gasteiger partial charge in [0.05, 0.1) is 11.3 Å². The van der Waals surface area contributed by atoms with Crippen molar-refractivity contribution in [1.82, 2.24) is 4.98 Å². The molecular weight excluding hydrogens is 250 g/mol. The first kappa shape index (κ1) is 11.6. The summed E-state index contributed by atoms with van der Waals surface area (Å²) in [7, 11) is 0. The lowest BCUT2D eigenvalue weighted by atomic mass is 10.2. The molecule has 0 amide bonds. The second kappa shape index (κ2) is 4.05. The molecule has 0 aliphatic rings. The fraction of sp³-hybridized carbons (Fsp3) is 0.0714. The molecule has 2 N–H and O–H groups in total. The highest BCUT2D eigenvalue weighted by molar-refractivity contribution is 5.79. The van der Waals surface area contributed by atoms with E-state index in [-0.39, 0.29) is 17.1 Å². The molecule has 0 aliphatic carbocycles. The third kappa shape index (κ3) is 1.83. The van der Waals surface area contributed by atoms with Crippen molar-refractivity contribution >= 4 is 16.8 Å².